The summed E-state index contributed by atoms with van der Waals surface area (Å²) in [7, 11) is 0. The van der Waals surface area contributed by atoms with Crippen LogP contribution in [-0.2, 0) is 10.3 Å². The van der Waals surface area contributed by atoms with E-state index in [0.717, 1.165) is 12.0 Å². The molecule has 1 atom stereocenters. The molecular weight excluding hydrogens is 174 g/mol. The van der Waals surface area contributed by atoms with Gasteiger partial charge in [0, 0.05) is 6.42 Å². The molecule has 70 valence electrons. The Morgan fingerprint density at radius 3 is 2.57 bits per heavy atom. The molecule has 1 aliphatic rings. The lowest BCUT2D eigenvalue weighted by molar-refractivity contribution is 0.0609. The van der Waals surface area contributed by atoms with E-state index in [4.69, 9.17) is 10.00 Å². The molecule has 1 aromatic carbocycles. The molecule has 0 unspecified atom stereocenters. The van der Waals surface area contributed by atoms with Gasteiger partial charge in [-0.1, -0.05) is 12.1 Å². The van der Waals surface area contributed by atoms with E-state index in [9.17, 15) is 0 Å². The third-order valence-corrected chi connectivity index (χ3v) is 2.56. The van der Waals surface area contributed by atoms with E-state index >= 15 is 0 Å². The number of ether oxygens (including phenoxy) is 1. The maximum Gasteiger partial charge on any atom is 0.134 e. The lowest BCUT2D eigenvalue weighted by atomic mass is 9.93. The summed E-state index contributed by atoms with van der Waals surface area (Å²) in [5.74, 6) is 0. The fraction of sp³-hybridized carbons (Fsp3) is 0.250. The molecule has 1 aromatic rings. The van der Waals surface area contributed by atoms with E-state index in [0.29, 0.717) is 5.56 Å². The Labute approximate surface area is 83.4 Å². The van der Waals surface area contributed by atoms with E-state index < -0.39 is 0 Å². The van der Waals surface area contributed by atoms with Gasteiger partial charge in [0.2, 0.25) is 0 Å². The van der Waals surface area contributed by atoms with Crippen molar-refractivity contribution in [3.05, 3.63) is 47.7 Å². The van der Waals surface area contributed by atoms with E-state index in [-0.39, 0.29) is 5.60 Å². The summed E-state index contributed by atoms with van der Waals surface area (Å²) in [5.41, 5.74) is 1.55. The number of hydrogen-bond acceptors (Lipinski definition) is 2. The fourth-order valence-corrected chi connectivity index (χ4v) is 1.60. The Balaban J connectivity index is 2.30. The van der Waals surface area contributed by atoms with Gasteiger partial charge < -0.3 is 4.74 Å². The topological polar surface area (TPSA) is 33.0 Å². The standard InChI is InChI=1S/C12H11NO/c1-12(7-2-8-14-12)11-5-3-10(9-13)4-6-11/h2-6,8H,7H2,1H3/t12-/m1/s1. The predicted octanol–water partition coefficient (Wildman–Crippen LogP) is 2.71. The van der Waals surface area contributed by atoms with Crippen molar-refractivity contribution in [3.63, 3.8) is 0 Å². The molecule has 2 heteroatoms. The lowest BCUT2D eigenvalue weighted by Crippen LogP contribution is -2.19. The predicted molar refractivity (Wildman–Crippen MR) is 53.4 cm³/mol. The number of rotatable bonds is 1. The van der Waals surface area contributed by atoms with Gasteiger partial charge in [-0.2, -0.15) is 5.26 Å². The van der Waals surface area contributed by atoms with Gasteiger partial charge in [-0.05, 0) is 30.7 Å². The summed E-state index contributed by atoms with van der Waals surface area (Å²) in [5, 5.41) is 8.66. The Bertz CT molecular complexity index is 389. The average molecular weight is 185 g/mol. The SMILES string of the molecule is C[C@]1(c2ccc(C#N)cc2)CC=CO1. The quantitative estimate of drug-likeness (QED) is 0.674. The summed E-state index contributed by atoms with van der Waals surface area (Å²) < 4.78 is 5.54. The first kappa shape index (κ1) is 8.83. The zero-order valence-corrected chi connectivity index (χ0v) is 8.03. The minimum absolute atomic E-state index is 0.242. The van der Waals surface area contributed by atoms with E-state index in [1.165, 1.54) is 0 Å². The molecule has 2 rings (SSSR count). The highest BCUT2D eigenvalue weighted by atomic mass is 16.5. The van der Waals surface area contributed by atoms with Crippen molar-refractivity contribution in [2.24, 2.45) is 0 Å². The van der Waals surface area contributed by atoms with Gasteiger partial charge in [0.05, 0.1) is 17.9 Å². The van der Waals surface area contributed by atoms with Crippen LogP contribution < -0.4 is 0 Å². The lowest BCUT2D eigenvalue weighted by Gasteiger charge is -2.24. The summed E-state index contributed by atoms with van der Waals surface area (Å²) in [6, 6.07) is 9.64. The fourth-order valence-electron chi connectivity index (χ4n) is 1.60. The molecule has 0 bridgehead atoms. The highest BCUT2D eigenvalue weighted by molar-refractivity contribution is 5.34. The van der Waals surface area contributed by atoms with Crippen LogP contribution in [0.3, 0.4) is 0 Å². The maximum absolute atomic E-state index is 8.66. The average Bonchev–Trinajstić information content (AvgIpc) is 2.67. The Morgan fingerprint density at radius 2 is 2.07 bits per heavy atom. The normalized spacial score (nSPS) is 24.3. The van der Waals surface area contributed by atoms with Gasteiger partial charge >= 0.3 is 0 Å². The van der Waals surface area contributed by atoms with Crippen molar-refractivity contribution in [2.75, 3.05) is 0 Å². The van der Waals surface area contributed by atoms with Gasteiger partial charge in [-0.3, -0.25) is 0 Å². The molecular formula is C12H11NO. The molecule has 14 heavy (non-hydrogen) atoms. The summed E-state index contributed by atoms with van der Waals surface area (Å²) >= 11 is 0. The number of hydrogen-bond donors (Lipinski definition) is 0. The van der Waals surface area contributed by atoms with Crippen LogP contribution in [0, 0.1) is 11.3 Å². The largest absolute Gasteiger partial charge is 0.490 e. The molecule has 0 aromatic heterocycles. The molecule has 0 saturated heterocycles. The highest BCUT2D eigenvalue weighted by Gasteiger charge is 2.29. The van der Waals surface area contributed by atoms with Gasteiger partial charge in [-0.25, -0.2) is 0 Å². The Morgan fingerprint density at radius 1 is 1.36 bits per heavy atom. The second-order valence-electron chi connectivity index (χ2n) is 3.61. The number of benzene rings is 1. The first-order chi connectivity index (χ1) is 6.74. The van der Waals surface area contributed by atoms with Crippen molar-refractivity contribution < 1.29 is 4.74 Å². The van der Waals surface area contributed by atoms with Gasteiger partial charge in [0.25, 0.3) is 0 Å². The first-order valence-electron chi connectivity index (χ1n) is 4.58. The highest BCUT2D eigenvalue weighted by Crippen LogP contribution is 2.33. The molecule has 1 heterocycles. The molecule has 0 radical (unpaired) electrons. The van der Waals surface area contributed by atoms with Crippen molar-refractivity contribution in [3.8, 4) is 6.07 Å². The molecule has 0 fully saturated rings. The van der Waals surface area contributed by atoms with E-state index in [1.807, 2.05) is 37.3 Å². The zero-order valence-electron chi connectivity index (χ0n) is 8.03. The molecule has 0 aliphatic carbocycles. The van der Waals surface area contributed by atoms with E-state index in [1.54, 1.807) is 6.26 Å². The number of nitrogens with zero attached hydrogens (tertiary/aromatic N) is 1. The summed E-state index contributed by atoms with van der Waals surface area (Å²) in [4.78, 5) is 0. The Hall–Kier alpha value is -1.75. The second-order valence-corrected chi connectivity index (χ2v) is 3.61. The van der Waals surface area contributed by atoms with E-state index in [2.05, 4.69) is 6.07 Å². The molecule has 0 N–H and O–H groups in total. The minimum Gasteiger partial charge on any atom is -0.490 e. The summed E-state index contributed by atoms with van der Waals surface area (Å²) in [6.07, 6.45) is 4.63. The third-order valence-electron chi connectivity index (χ3n) is 2.56. The maximum atomic E-state index is 8.66. The van der Waals surface area contributed by atoms with Crippen LogP contribution in [0.4, 0.5) is 0 Å². The molecule has 2 nitrogen and oxygen atoms in total. The van der Waals surface area contributed by atoms with Gasteiger partial charge in [0.15, 0.2) is 0 Å². The zero-order chi connectivity index (χ0) is 10.0. The van der Waals surface area contributed by atoms with Crippen LogP contribution in [-0.4, -0.2) is 0 Å². The minimum atomic E-state index is -0.242. The first-order valence-corrected chi connectivity index (χ1v) is 4.58. The monoisotopic (exact) mass is 185 g/mol. The molecule has 0 amide bonds. The van der Waals surface area contributed by atoms with Crippen LogP contribution in [0.5, 0.6) is 0 Å². The van der Waals surface area contributed by atoms with Crippen LogP contribution >= 0.6 is 0 Å². The molecule has 1 aliphatic heterocycles. The van der Waals surface area contributed by atoms with Gasteiger partial charge in [0.1, 0.15) is 5.60 Å². The smallest absolute Gasteiger partial charge is 0.134 e. The molecule has 0 spiro atoms. The van der Waals surface area contributed by atoms with Crippen molar-refractivity contribution in [2.45, 2.75) is 18.9 Å². The van der Waals surface area contributed by atoms with Crippen LogP contribution in [0.1, 0.15) is 24.5 Å². The van der Waals surface area contributed by atoms with Gasteiger partial charge in [-0.15, -0.1) is 0 Å². The molecule has 0 saturated carbocycles. The second kappa shape index (κ2) is 3.19. The Kier molecular flexibility index (Phi) is 2.01. The van der Waals surface area contributed by atoms with Crippen molar-refractivity contribution in [1.82, 2.24) is 0 Å². The number of nitriles is 1. The van der Waals surface area contributed by atoms with Crippen molar-refractivity contribution >= 4 is 0 Å². The summed E-state index contributed by atoms with van der Waals surface area (Å²) in [6.45, 7) is 2.05. The van der Waals surface area contributed by atoms with Crippen LogP contribution in [0.15, 0.2) is 36.6 Å². The van der Waals surface area contributed by atoms with Crippen LogP contribution in [0.25, 0.3) is 0 Å². The van der Waals surface area contributed by atoms with Crippen LogP contribution in [0.2, 0.25) is 0 Å². The third kappa shape index (κ3) is 1.38. The van der Waals surface area contributed by atoms with Crippen molar-refractivity contribution in [1.29, 1.82) is 5.26 Å².